The first kappa shape index (κ1) is 9.51. The summed E-state index contributed by atoms with van der Waals surface area (Å²) in [4.78, 5) is 9.89. The van der Waals surface area contributed by atoms with Gasteiger partial charge in [-0.3, -0.25) is 0 Å². The van der Waals surface area contributed by atoms with Crippen LogP contribution in [-0.4, -0.2) is 15.5 Å². The number of allylic oxidation sites excluding steroid dienone is 3. The number of carboxylic acid groups (broad SMARTS) is 1. The van der Waals surface area contributed by atoms with Crippen LogP contribution in [0.1, 0.15) is 6.92 Å². The Hall–Kier alpha value is -0.492. The first-order chi connectivity index (χ1) is 4.66. The van der Waals surface area contributed by atoms with E-state index in [-0.39, 0.29) is 0 Å². The Balaban J connectivity index is 3.93. The van der Waals surface area contributed by atoms with E-state index in [2.05, 4.69) is 6.08 Å². The van der Waals surface area contributed by atoms with Crippen molar-refractivity contribution in [2.24, 2.45) is 0 Å². The fraction of sp³-hybridized carbons (Fsp3) is 0.143. The second-order valence-electron chi connectivity index (χ2n) is 1.64. The molecule has 0 rings (SSSR count). The molecular weight excluding hydrogens is 300 g/mol. The van der Waals surface area contributed by atoms with E-state index in [4.69, 9.17) is 5.11 Å². The molecule has 54 valence electrons. The SMILES string of the molecule is C/C([CH]=[W])=C/C=[C-]C(=O)O. The normalized spacial score (nSPS) is 11.9. The Morgan fingerprint density at radius 3 is 2.70 bits per heavy atom. The minimum absolute atomic E-state index is 1.03. The Kier molecular flexibility index (Phi) is 5.04. The van der Waals surface area contributed by atoms with Gasteiger partial charge in [-0.15, -0.1) is 0 Å². The van der Waals surface area contributed by atoms with Crippen molar-refractivity contribution in [3.05, 3.63) is 23.8 Å². The van der Waals surface area contributed by atoms with Crippen molar-refractivity contribution in [1.82, 2.24) is 0 Å². The minimum atomic E-state index is -1.03. The molecule has 0 saturated carbocycles. The summed E-state index contributed by atoms with van der Waals surface area (Å²) < 4.78 is 1.97. The monoisotopic (exact) mass is 307 g/mol. The van der Waals surface area contributed by atoms with Crippen molar-refractivity contribution in [1.29, 1.82) is 0 Å². The van der Waals surface area contributed by atoms with Gasteiger partial charge in [0.1, 0.15) is 0 Å². The second-order valence-corrected chi connectivity index (χ2v) is 2.49. The molecule has 0 amide bonds. The number of rotatable bonds is 3. The molecule has 0 aliphatic heterocycles. The van der Waals surface area contributed by atoms with E-state index >= 15 is 0 Å². The molecule has 0 aliphatic rings. The van der Waals surface area contributed by atoms with Gasteiger partial charge in [0.25, 0.3) is 0 Å². The fourth-order valence-corrected chi connectivity index (χ4v) is 0.566. The third kappa shape index (κ3) is 5.64. The van der Waals surface area contributed by atoms with Crippen molar-refractivity contribution in [3.8, 4) is 0 Å². The van der Waals surface area contributed by atoms with Crippen LogP contribution < -0.4 is 0 Å². The van der Waals surface area contributed by atoms with E-state index in [1.807, 2.05) is 11.3 Å². The zero-order valence-corrected chi connectivity index (χ0v) is 8.43. The van der Waals surface area contributed by atoms with Gasteiger partial charge < -0.3 is 0 Å². The summed E-state index contributed by atoms with van der Waals surface area (Å²) in [6, 6.07) is 0. The van der Waals surface area contributed by atoms with Crippen molar-refractivity contribution in [2.45, 2.75) is 6.92 Å². The first-order valence-electron chi connectivity index (χ1n) is 2.61. The van der Waals surface area contributed by atoms with Gasteiger partial charge in [0.2, 0.25) is 0 Å². The molecule has 0 aromatic carbocycles. The molecule has 0 atom stereocenters. The average molecular weight is 307 g/mol. The predicted octanol–water partition coefficient (Wildman–Crippen LogP) is 0.726. The summed E-state index contributed by atoms with van der Waals surface area (Å²) in [5, 5.41) is 8.12. The molecule has 0 unspecified atom stereocenters. The van der Waals surface area contributed by atoms with Crippen molar-refractivity contribution in [2.75, 3.05) is 0 Å². The summed E-state index contributed by atoms with van der Waals surface area (Å²) in [6.07, 6.45) is 5.22. The third-order valence-corrected chi connectivity index (χ3v) is 2.07. The van der Waals surface area contributed by atoms with Gasteiger partial charge in [-0.1, -0.05) is 0 Å². The van der Waals surface area contributed by atoms with Crippen molar-refractivity contribution in [3.63, 3.8) is 0 Å². The molecule has 0 aliphatic carbocycles. The molecule has 1 N–H and O–H groups in total. The van der Waals surface area contributed by atoms with Crippen LogP contribution in [0.2, 0.25) is 0 Å². The molecule has 0 bridgehead atoms. The molecule has 3 heteroatoms. The van der Waals surface area contributed by atoms with Gasteiger partial charge in [0.15, 0.2) is 0 Å². The summed E-state index contributed by atoms with van der Waals surface area (Å²) in [5.74, 6) is -1.03. The van der Waals surface area contributed by atoms with Gasteiger partial charge in [-0.2, -0.15) is 0 Å². The van der Waals surface area contributed by atoms with E-state index < -0.39 is 5.97 Å². The number of hydrogen-bond donors (Lipinski definition) is 1. The van der Waals surface area contributed by atoms with E-state index in [1.54, 1.807) is 6.08 Å². The van der Waals surface area contributed by atoms with Gasteiger partial charge in [-0.25, -0.2) is 0 Å². The van der Waals surface area contributed by atoms with E-state index in [1.165, 1.54) is 25.4 Å². The topological polar surface area (TPSA) is 37.3 Å². The van der Waals surface area contributed by atoms with Crippen LogP contribution in [0.15, 0.2) is 17.7 Å². The van der Waals surface area contributed by atoms with E-state index in [9.17, 15) is 4.79 Å². The van der Waals surface area contributed by atoms with Crippen LogP contribution in [0.5, 0.6) is 0 Å². The predicted molar refractivity (Wildman–Crippen MR) is 35.3 cm³/mol. The molecule has 0 radical (unpaired) electrons. The number of carboxylic acids is 1. The van der Waals surface area contributed by atoms with E-state index in [0.717, 1.165) is 5.57 Å². The zero-order valence-electron chi connectivity index (χ0n) is 5.50. The summed E-state index contributed by atoms with van der Waals surface area (Å²) in [6.45, 7) is 1.91. The summed E-state index contributed by atoms with van der Waals surface area (Å²) >= 11 is 1.35. The molecule has 0 heterocycles. The fourth-order valence-electron chi connectivity index (χ4n) is 0.284. The molecule has 10 heavy (non-hydrogen) atoms. The molecule has 2 nitrogen and oxygen atoms in total. The summed E-state index contributed by atoms with van der Waals surface area (Å²) in [7, 11) is 0. The number of aliphatic carboxylic acids is 1. The Morgan fingerprint density at radius 1 is 1.70 bits per heavy atom. The van der Waals surface area contributed by atoms with Crippen LogP contribution in [-0.2, 0) is 24.1 Å². The molecule has 0 aromatic heterocycles. The zero-order chi connectivity index (χ0) is 7.98. The first-order valence-corrected chi connectivity index (χ1v) is 4.31. The van der Waals surface area contributed by atoms with Crippen LogP contribution in [0.4, 0.5) is 0 Å². The van der Waals surface area contributed by atoms with E-state index in [0.29, 0.717) is 0 Å². The standard InChI is InChI=1S/C7H7O2.W/c1-6(2)4-3-5-7(8)9;/h1,3-4H,2H3,(H,8,9);/q-1;/b6-4+;. The molecule has 0 aromatic rings. The van der Waals surface area contributed by atoms with Crippen molar-refractivity contribution >= 4 is 10.4 Å². The maximum atomic E-state index is 9.89. The molecule has 0 saturated heterocycles. The number of hydrogen-bond acceptors (Lipinski definition) is 1. The Bertz CT molecular complexity index is 192. The van der Waals surface area contributed by atoms with Crippen LogP contribution in [0.3, 0.4) is 0 Å². The Labute approximate surface area is 70.7 Å². The van der Waals surface area contributed by atoms with Crippen molar-refractivity contribution < 1.29 is 29.3 Å². The second kappa shape index (κ2) is 5.31. The van der Waals surface area contributed by atoms with Crippen LogP contribution >= 0.6 is 0 Å². The average Bonchev–Trinajstić information content (AvgIpc) is 1.87. The molecular formula is C7H7O2W-. The maximum absolute atomic E-state index is 9.89. The quantitative estimate of drug-likeness (QED) is 0.474. The van der Waals surface area contributed by atoms with Crippen LogP contribution in [0.25, 0.3) is 0 Å². The summed E-state index contributed by atoms with van der Waals surface area (Å²) in [5.41, 5.74) is 1.06. The third-order valence-electron chi connectivity index (χ3n) is 0.739. The number of carbonyl (C=O) groups is 1. The molecule has 0 fully saturated rings. The van der Waals surface area contributed by atoms with Gasteiger partial charge in [-0.05, 0) is 0 Å². The Morgan fingerprint density at radius 2 is 2.30 bits per heavy atom. The van der Waals surface area contributed by atoms with Crippen LogP contribution in [0, 0.1) is 6.08 Å². The molecule has 0 spiro atoms. The van der Waals surface area contributed by atoms with Gasteiger partial charge >= 0.3 is 70.3 Å². The van der Waals surface area contributed by atoms with Gasteiger partial charge in [0, 0.05) is 0 Å². The van der Waals surface area contributed by atoms with Gasteiger partial charge in [0.05, 0.1) is 0 Å².